The number of rotatable bonds is 9. The van der Waals surface area contributed by atoms with E-state index in [1.54, 1.807) is 24.3 Å². The number of hydrogen-bond acceptors (Lipinski definition) is 4. The number of carbonyl (C=O) groups excluding carboxylic acids is 2. The van der Waals surface area contributed by atoms with E-state index in [2.05, 4.69) is 6.58 Å². The van der Waals surface area contributed by atoms with Crippen LogP contribution in [0.25, 0.3) is 0 Å². The van der Waals surface area contributed by atoms with Gasteiger partial charge in [-0.2, -0.15) is 0 Å². The summed E-state index contributed by atoms with van der Waals surface area (Å²) in [7, 11) is 0. The minimum Gasteiger partial charge on any atom is -0.490 e. The van der Waals surface area contributed by atoms with Crippen LogP contribution in [-0.4, -0.2) is 25.0 Å². The highest BCUT2D eigenvalue weighted by atomic mass is 16.6. The fourth-order valence-electron chi connectivity index (χ4n) is 2.65. The van der Waals surface area contributed by atoms with Crippen molar-refractivity contribution < 1.29 is 19.1 Å². The minimum atomic E-state index is -0.476. The van der Waals surface area contributed by atoms with Gasteiger partial charge < -0.3 is 9.47 Å². The zero-order valence-electron chi connectivity index (χ0n) is 15.2. The van der Waals surface area contributed by atoms with Gasteiger partial charge in [-0.15, -0.1) is 0 Å². The molecule has 4 heteroatoms. The number of carbonyl (C=O) groups is 2. The second kappa shape index (κ2) is 9.56. The molecule has 0 spiro atoms. The van der Waals surface area contributed by atoms with Gasteiger partial charge in [-0.1, -0.05) is 43.3 Å². The number of aryl methyl sites for hydroxylation is 1. The summed E-state index contributed by atoms with van der Waals surface area (Å²) >= 11 is 0. The lowest BCUT2D eigenvalue weighted by Crippen LogP contribution is -2.12. The van der Waals surface area contributed by atoms with Crippen molar-refractivity contribution in [1.82, 2.24) is 0 Å². The van der Waals surface area contributed by atoms with E-state index in [0.29, 0.717) is 11.3 Å². The second-order valence-electron chi connectivity index (χ2n) is 5.98. The summed E-state index contributed by atoms with van der Waals surface area (Å²) in [6.07, 6.45) is 1.85. The highest BCUT2D eigenvalue weighted by molar-refractivity contribution is 6.01. The van der Waals surface area contributed by atoms with Crippen LogP contribution in [0.1, 0.15) is 40.7 Å². The molecule has 0 aliphatic rings. The van der Waals surface area contributed by atoms with Crippen molar-refractivity contribution in [2.45, 2.75) is 26.2 Å². The number of hydrogen-bond donors (Lipinski definition) is 0. The Morgan fingerprint density at radius 3 is 2.27 bits per heavy atom. The molecular formula is C22H24O4. The Balaban J connectivity index is 1.97. The summed E-state index contributed by atoms with van der Waals surface area (Å²) < 4.78 is 10.3. The highest BCUT2D eigenvalue weighted by Crippen LogP contribution is 2.25. The van der Waals surface area contributed by atoms with Crippen LogP contribution in [0.4, 0.5) is 0 Å². The Bertz CT molecular complexity index is 745. The molecule has 1 unspecified atom stereocenters. The van der Waals surface area contributed by atoms with E-state index in [0.717, 1.165) is 18.1 Å². The Hall–Kier alpha value is -2.88. The van der Waals surface area contributed by atoms with Crippen molar-refractivity contribution in [3.05, 3.63) is 77.9 Å². The monoisotopic (exact) mass is 352 g/mol. The number of Topliss-reactive ketones (excluding diaryl/α,β-unsaturated/α-hetero) is 1. The van der Waals surface area contributed by atoms with E-state index in [1.165, 1.54) is 5.56 Å². The van der Waals surface area contributed by atoms with Crippen LogP contribution >= 0.6 is 0 Å². The van der Waals surface area contributed by atoms with Gasteiger partial charge in [0.05, 0.1) is 0 Å². The highest BCUT2D eigenvalue weighted by Gasteiger charge is 2.20. The first-order valence-electron chi connectivity index (χ1n) is 8.68. The van der Waals surface area contributed by atoms with Crippen LogP contribution < -0.4 is 4.74 Å². The first kappa shape index (κ1) is 19.4. The van der Waals surface area contributed by atoms with Crippen LogP contribution in [0.2, 0.25) is 0 Å². The van der Waals surface area contributed by atoms with Crippen molar-refractivity contribution in [3.63, 3.8) is 0 Å². The van der Waals surface area contributed by atoms with Crippen LogP contribution in [0.3, 0.4) is 0 Å². The number of ether oxygens (including phenoxy) is 2. The van der Waals surface area contributed by atoms with E-state index >= 15 is 0 Å². The van der Waals surface area contributed by atoms with E-state index < -0.39 is 5.97 Å². The molecule has 26 heavy (non-hydrogen) atoms. The third kappa shape index (κ3) is 5.31. The van der Waals surface area contributed by atoms with Gasteiger partial charge in [0.1, 0.15) is 19.0 Å². The van der Waals surface area contributed by atoms with Crippen molar-refractivity contribution in [1.29, 1.82) is 0 Å². The molecule has 0 saturated carbocycles. The molecular weight excluding hydrogens is 328 g/mol. The number of esters is 1. The molecule has 0 radical (unpaired) electrons. The number of benzene rings is 2. The van der Waals surface area contributed by atoms with E-state index in [1.807, 2.05) is 38.1 Å². The Morgan fingerprint density at radius 2 is 1.69 bits per heavy atom. The fourth-order valence-corrected chi connectivity index (χ4v) is 2.65. The van der Waals surface area contributed by atoms with Gasteiger partial charge in [0.15, 0.2) is 5.78 Å². The van der Waals surface area contributed by atoms with E-state index in [4.69, 9.17) is 9.47 Å². The quantitative estimate of drug-likeness (QED) is 0.289. The molecule has 136 valence electrons. The van der Waals surface area contributed by atoms with Gasteiger partial charge in [-0.25, -0.2) is 4.79 Å². The molecule has 0 saturated heterocycles. The lowest BCUT2D eigenvalue weighted by Gasteiger charge is -2.15. The smallest absolute Gasteiger partial charge is 0.330 e. The SMILES string of the molecule is C=CC(=O)OCCOc1ccc(C(=O)C(CC)c2ccc(C)cc2)cc1. The van der Waals surface area contributed by atoms with Crippen LogP contribution in [0, 0.1) is 6.92 Å². The third-order valence-electron chi connectivity index (χ3n) is 4.11. The lowest BCUT2D eigenvalue weighted by atomic mass is 9.88. The molecule has 0 fully saturated rings. The van der Waals surface area contributed by atoms with Crippen molar-refractivity contribution in [3.8, 4) is 5.75 Å². The van der Waals surface area contributed by atoms with Crippen molar-refractivity contribution in [2.24, 2.45) is 0 Å². The standard InChI is InChI=1S/C22H24O4/c1-4-20(17-8-6-16(3)7-9-17)22(24)18-10-12-19(13-11-18)25-14-15-26-21(23)5-2/h5-13,20H,2,4,14-15H2,1,3H3. The van der Waals surface area contributed by atoms with Crippen LogP contribution in [0.5, 0.6) is 5.75 Å². The van der Waals surface area contributed by atoms with Gasteiger partial charge in [0.25, 0.3) is 0 Å². The zero-order valence-corrected chi connectivity index (χ0v) is 15.2. The average Bonchev–Trinajstić information content (AvgIpc) is 2.67. The lowest BCUT2D eigenvalue weighted by molar-refractivity contribution is -0.138. The molecule has 2 aromatic carbocycles. The Kier molecular flexibility index (Phi) is 7.15. The first-order chi connectivity index (χ1) is 12.5. The second-order valence-corrected chi connectivity index (χ2v) is 5.98. The molecule has 0 N–H and O–H groups in total. The largest absolute Gasteiger partial charge is 0.490 e. The van der Waals surface area contributed by atoms with E-state index in [-0.39, 0.29) is 24.9 Å². The average molecular weight is 352 g/mol. The normalized spacial score (nSPS) is 11.5. The topological polar surface area (TPSA) is 52.6 Å². The number of ketones is 1. The molecule has 0 aromatic heterocycles. The molecule has 0 amide bonds. The van der Waals surface area contributed by atoms with Crippen LogP contribution in [0.15, 0.2) is 61.2 Å². The van der Waals surface area contributed by atoms with Gasteiger partial charge >= 0.3 is 5.97 Å². The molecule has 4 nitrogen and oxygen atoms in total. The van der Waals surface area contributed by atoms with Gasteiger partial charge in [0, 0.05) is 17.6 Å². The molecule has 0 aliphatic heterocycles. The summed E-state index contributed by atoms with van der Waals surface area (Å²) in [6.45, 7) is 7.77. The third-order valence-corrected chi connectivity index (χ3v) is 4.11. The maximum Gasteiger partial charge on any atom is 0.330 e. The van der Waals surface area contributed by atoms with Crippen molar-refractivity contribution in [2.75, 3.05) is 13.2 Å². The van der Waals surface area contributed by atoms with E-state index in [9.17, 15) is 9.59 Å². The van der Waals surface area contributed by atoms with Crippen LogP contribution in [-0.2, 0) is 9.53 Å². The fraction of sp³-hybridized carbons (Fsp3) is 0.273. The molecule has 2 aromatic rings. The maximum absolute atomic E-state index is 12.8. The summed E-state index contributed by atoms with van der Waals surface area (Å²) in [5.41, 5.74) is 2.87. The molecule has 0 heterocycles. The Labute approximate surface area is 154 Å². The summed E-state index contributed by atoms with van der Waals surface area (Å²) in [4.78, 5) is 23.8. The summed E-state index contributed by atoms with van der Waals surface area (Å²) in [5.74, 6) is 0.0966. The maximum atomic E-state index is 12.8. The predicted molar refractivity (Wildman–Crippen MR) is 102 cm³/mol. The Morgan fingerprint density at radius 1 is 1.04 bits per heavy atom. The predicted octanol–water partition coefficient (Wildman–Crippen LogP) is 4.48. The van der Waals surface area contributed by atoms with Crippen molar-refractivity contribution >= 4 is 11.8 Å². The first-order valence-corrected chi connectivity index (χ1v) is 8.68. The molecule has 1 atom stereocenters. The minimum absolute atomic E-state index is 0.0998. The van der Waals surface area contributed by atoms with Gasteiger partial charge in [0.2, 0.25) is 0 Å². The molecule has 0 aliphatic carbocycles. The molecule has 2 rings (SSSR count). The van der Waals surface area contributed by atoms with Gasteiger partial charge in [-0.05, 0) is 43.2 Å². The molecule has 0 bridgehead atoms. The van der Waals surface area contributed by atoms with Gasteiger partial charge in [-0.3, -0.25) is 4.79 Å². The summed E-state index contributed by atoms with van der Waals surface area (Å²) in [6, 6.07) is 15.1. The summed E-state index contributed by atoms with van der Waals surface area (Å²) in [5, 5.41) is 0. The zero-order chi connectivity index (χ0) is 18.9.